The van der Waals surface area contributed by atoms with E-state index in [1.54, 1.807) is 0 Å². The topological polar surface area (TPSA) is 40.7 Å². The Labute approximate surface area is 89.2 Å². The second-order valence-corrected chi connectivity index (χ2v) is 3.47. The minimum atomic E-state index is 1.01. The fourth-order valence-electron chi connectivity index (χ4n) is 1.49. The fraction of sp³-hybridized carbons (Fsp3) is 0.250. The van der Waals surface area contributed by atoms with Crippen molar-refractivity contribution in [2.45, 2.75) is 6.42 Å². The predicted molar refractivity (Wildman–Crippen MR) is 63.7 cm³/mol. The second-order valence-electron chi connectivity index (χ2n) is 3.47. The number of nitrogens with zero attached hydrogens (tertiary/aromatic N) is 1. The van der Waals surface area contributed by atoms with Crippen LogP contribution in [-0.4, -0.2) is 23.6 Å². The highest BCUT2D eigenvalue weighted by molar-refractivity contribution is 5.77. The molecule has 0 bridgehead atoms. The number of aromatic nitrogens is 2. The summed E-state index contributed by atoms with van der Waals surface area (Å²) in [5, 5.41) is 3.11. The van der Waals surface area contributed by atoms with Crippen molar-refractivity contribution in [1.82, 2.24) is 15.3 Å². The van der Waals surface area contributed by atoms with Crippen LogP contribution in [0.25, 0.3) is 17.1 Å². The first-order valence-corrected chi connectivity index (χ1v) is 5.14. The molecule has 0 aliphatic carbocycles. The molecule has 2 aromatic heterocycles. The Hall–Kier alpha value is -1.61. The lowest BCUT2D eigenvalue weighted by atomic mass is 10.2. The van der Waals surface area contributed by atoms with E-state index in [4.69, 9.17) is 0 Å². The average molecular weight is 201 g/mol. The number of rotatable bonds is 4. The van der Waals surface area contributed by atoms with Gasteiger partial charge >= 0.3 is 0 Å². The average Bonchev–Trinajstić information content (AvgIpc) is 2.71. The monoisotopic (exact) mass is 201 g/mol. The van der Waals surface area contributed by atoms with Gasteiger partial charge < -0.3 is 10.3 Å². The molecule has 0 aliphatic rings. The molecular formula is C12H15N3. The van der Waals surface area contributed by atoms with Crippen LogP contribution in [0, 0.1) is 0 Å². The highest BCUT2D eigenvalue weighted by Crippen LogP contribution is 2.11. The van der Waals surface area contributed by atoms with E-state index in [-0.39, 0.29) is 0 Å². The highest BCUT2D eigenvalue weighted by Gasteiger charge is 1.94. The van der Waals surface area contributed by atoms with E-state index in [2.05, 4.69) is 33.5 Å². The minimum absolute atomic E-state index is 1.01. The van der Waals surface area contributed by atoms with Crippen molar-refractivity contribution in [2.24, 2.45) is 0 Å². The molecule has 0 fully saturated rings. The molecule has 2 heterocycles. The smallest absolute Gasteiger partial charge is 0.0879 e. The van der Waals surface area contributed by atoms with Crippen LogP contribution in [0.2, 0.25) is 0 Å². The van der Waals surface area contributed by atoms with Crippen molar-refractivity contribution >= 4 is 17.1 Å². The maximum atomic E-state index is 4.34. The molecule has 0 amide bonds. The van der Waals surface area contributed by atoms with E-state index in [1.807, 2.05) is 25.5 Å². The number of aromatic amines is 1. The summed E-state index contributed by atoms with van der Waals surface area (Å²) < 4.78 is 0. The molecule has 3 nitrogen and oxygen atoms in total. The van der Waals surface area contributed by atoms with Crippen LogP contribution in [0.5, 0.6) is 0 Å². The number of nitrogens with one attached hydrogen (secondary N) is 2. The van der Waals surface area contributed by atoms with E-state index in [0.717, 1.165) is 29.6 Å². The van der Waals surface area contributed by atoms with Gasteiger partial charge in [0.1, 0.15) is 0 Å². The number of fused-ring (bicyclic) bond motifs is 1. The Morgan fingerprint density at radius 2 is 2.47 bits per heavy atom. The summed E-state index contributed by atoms with van der Waals surface area (Å²) in [4.78, 5) is 7.49. The van der Waals surface area contributed by atoms with Crippen molar-refractivity contribution in [3.63, 3.8) is 0 Å². The van der Waals surface area contributed by atoms with Crippen molar-refractivity contribution in [1.29, 1.82) is 0 Å². The number of hydrogen-bond donors (Lipinski definition) is 2. The molecular weight excluding hydrogens is 186 g/mol. The third-order valence-electron chi connectivity index (χ3n) is 2.29. The molecule has 2 aromatic rings. The zero-order valence-electron chi connectivity index (χ0n) is 8.83. The first-order valence-electron chi connectivity index (χ1n) is 5.14. The number of hydrogen-bond acceptors (Lipinski definition) is 2. The van der Waals surface area contributed by atoms with Crippen LogP contribution in [-0.2, 0) is 0 Å². The Kier molecular flexibility index (Phi) is 3.15. The first kappa shape index (κ1) is 9.93. The maximum Gasteiger partial charge on any atom is 0.0879 e. The molecule has 78 valence electrons. The Balaban J connectivity index is 2.10. The van der Waals surface area contributed by atoms with E-state index < -0.39 is 0 Å². The standard InChI is InChI=1S/C12H15N3/c1-13-6-3-2-4-10-8-12-11(15-9-10)5-7-14-12/h2,4-5,7-9,13-14H,3,6H2,1H3. The highest BCUT2D eigenvalue weighted by atomic mass is 14.8. The van der Waals surface area contributed by atoms with Crippen molar-refractivity contribution in [3.05, 3.63) is 36.2 Å². The van der Waals surface area contributed by atoms with Crippen molar-refractivity contribution < 1.29 is 0 Å². The summed E-state index contributed by atoms with van der Waals surface area (Å²) in [7, 11) is 1.96. The Morgan fingerprint density at radius 1 is 1.53 bits per heavy atom. The lowest BCUT2D eigenvalue weighted by Gasteiger charge is -1.94. The maximum absolute atomic E-state index is 4.34. The minimum Gasteiger partial charge on any atom is -0.360 e. The molecule has 2 N–H and O–H groups in total. The summed E-state index contributed by atoms with van der Waals surface area (Å²) in [6.45, 7) is 1.01. The van der Waals surface area contributed by atoms with Gasteiger partial charge in [-0.05, 0) is 37.7 Å². The predicted octanol–water partition coefficient (Wildman–Crippen LogP) is 2.19. The Bertz CT molecular complexity index is 457. The van der Waals surface area contributed by atoms with Gasteiger partial charge in [0.15, 0.2) is 0 Å². The van der Waals surface area contributed by atoms with Crippen LogP contribution in [0.4, 0.5) is 0 Å². The van der Waals surface area contributed by atoms with Crippen molar-refractivity contribution in [2.75, 3.05) is 13.6 Å². The summed E-state index contributed by atoms with van der Waals surface area (Å²) in [5.41, 5.74) is 3.24. The quantitative estimate of drug-likeness (QED) is 0.744. The van der Waals surface area contributed by atoms with Gasteiger partial charge in [0.05, 0.1) is 11.0 Å². The Morgan fingerprint density at radius 3 is 3.33 bits per heavy atom. The summed E-state index contributed by atoms with van der Waals surface area (Å²) in [6, 6.07) is 4.09. The lowest BCUT2D eigenvalue weighted by Crippen LogP contribution is -2.05. The number of H-pyrrole nitrogens is 1. The molecule has 3 heteroatoms. The molecule has 0 radical (unpaired) electrons. The molecule has 0 aliphatic heterocycles. The zero-order chi connectivity index (χ0) is 10.5. The summed E-state index contributed by atoms with van der Waals surface area (Å²) in [5.74, 6) is 0. The van der Waals surface area contributed by atoms with Gasteiger partial charge in [-0.2, -0.15) is 0 Å². The van der Waals surface area contributed by atoms with Gasteiger partial charge in [-0.15, -0.1) is 0 Å². The SMILES string of the molecule is CNCCC=Cc1cnc2cc[nH]c2c1. The van der Waals surface area contributed by atoms with E-state index >= 15 is 0 Å². The summed E-state index contributed by atoms with van der Waals surface area (Å²) >= 11 is 0. The van der Waals surface area contributed by atoms with Crippen molar-refractivity contribution in [3.8, 4) is 0 Å². The largest absolute Gasteiger partial charge is 0.360 e. The normalized spacial score (nSPS) is 11.5. The van der Waals surface area contributed by atoms with Crippen LogP contribution in [0.15, 0.2) is 30.6 Å². The van der Waals surface area contributed by atoms with Gasteiger partial charge in [-0.1, -0.05) is 12.2 Å². The number of pyridine rings is 1. The van der Waals surface area contributed by atoms with Gasteiger partial charge in [0.25, 0.3) is 0 Å². The molecule has 0 atom stereocenters. The molecule has 0 spiro atoms. The van der Waals surface area contributed by atoms with E-state index in [9.17, 15) is 0 Å². The third-order valence-corrected chi connectivity index (χ3v) is 2.29. The summed E-state index contributed by atoms with van der Waals surface area (Å²) in [6.07, 6.45) is 9.10. The lowest BCUT2D eigenvalue weighted by molar-refractivity contribution is 0.809. The van der Waals surface area contributed by atoms with Crippen LogP contribution < -0.4 is 5.32 Å². The third kappa shape index (κ3) is 2.44. The molecule has 0 unspecified atom stereocenters. The van der Waals surface area contributed by atoms with Gasteiger partial charge in [0.2, 0.25) is 0 Å². The van der Waals surface area contributed by atoms with Crippen LogP contribution >= 0.6 is 0 Å². The molecule has 0 saturated carbocycles. The van der Waals surface area contributed by atoms with Crippen LogP contribution in [0.1, 0.15) is 12.0 Å². The fourth-order valence-corrected chi connectivity index (χ4v) is 1.49. The molecule has 15 heavy (non-hydrogen) atoms. The molecule has 0 aromatic carbocycles. The zero-order valence-corrected chi connectivity index (χ0v) is 8.83. The second kappa shape index (κ2) is 4.75. The molecule has 2 rings (SSSR count). The van der Waals surface area contributed by atoms with Gasteiger partial charge in [0, 0.05) is 12.4 Å². The van der Waals surface area contributed by atoms with Gasteiger partial charge in [-0.3, -0.25) is 4.98 Å². The van der Waals surface area contributed by atoms with E-state index in [0.29, 0.717) is 0 Å². The van der Waals surface area contributed by atoms with Gasteiger partial charge in [-0.25, -0.2) is 0 Å². The first-order chi connectivity index (χ1) is 7.40. The molecule has 0 saturated heterocycles. The van der Waals surface area contributed by atoms with Crippen LogP contribution in [0.3, 0.4) is 0 Å². The van der Waals surface area contributed by atoms with E-state index in [1.165, 1.54) is 0 Å².